The molecule has 3 aliphatic rings. The van der Waals surface area contributed by atoms with Gasteiger partial charge in [0, 0.05) is 31.6 Å². The van der Waals surface area contributed by atoms with Crippen LogP contribution in [0.2, 0.25) is 0 Å². The molecule has 10 nitrogen and oxygen atoms in total. The third-order valence-corrected chi connectivity index (χ3v) is 13.1. The molecule has 2 aromatic heterocycles. The van der Waals surface area contributed by atoms with Crippen molar-refractivity contribution in [3.05, 3.63) is 72.6 Å². The summed E-state index contributed by atoms with van der Waals surface area (Å²) in [6, 6.07) is 16.3. The van der Waals surface area contributed by atoms with E-state index in [0.29, 0.717) is 10.6 Å². The zero-order valence-electron chi connectivity index (χ0n) is 26.9. The summed E-state index contributed by atoms with van der Waals surface area (Å²) in [5.74, 6) is 3.90. The van der Waals surface area contributed by atoms with Crippen LogP contribution in [0.15, 0.2) is 60.9 Å². The second-order valence-electron chi connectivity index (χ2n) is 13.0. The van der Waals surface area contributed by atoms with Crippen LogP contribution in [-0.2, 0) is 4.79 Å². The maximum atomic E-state index is 13.5. The molecule has 0 saturated carbocycles. The van der Waals surface area contributed by atoms with Gasteiger partial charge >= 0.3 is 6.09 Å². The minimum Gasteiger partial charge on any atom is -0.465 e. The van der Waals surface area contributed by atoms with Gasteiger partial charge in [0.05, 0.1) is 39.9 Å². The molecule has 4 aromatic rings. The Labute approximate surface area is 283 Å². The summed E-state index contributed by atoms with van der Waals surface area (Å²) >= 11 is 4.18. The van der Waals surface area contributed by atoms with Crippen molar-refractivity contribution in [3.8, 4) is 33.6 Å². The number of amides is 2. The van der Waals surface area contributed by atoms with Crippen LogP contribution in [0.3, 0.4) is 0 Å². The van der Waals surface area contributed by atoms with Crippen molar-refractivity contribution in [1.82, 2.24) is 35.1 Å². The topological polar surface area (TPSA) is 130 Å². The van der Waals surface area contributed by atoms with Gasteiger partial charge in [-0.3, -0.25) is 9.69 Å². The normalized spacial score (nSPS) is 21.1. The molecule has 2 amide bonds. The Balaban J connectivity index is 1.01. The first-order valence-corrected chi connectivity index (χ1v) is 18.3. The van der Waals surface area contributed by atoms with E-state index < -0.39 is 12.1 Å². The number of nitrogens with zero attached hydrogens (tertiary/aromatic N) is 4. The standard InChI is InChI=1S/C35H41N7O3S2/c1-21(2)30(41(3)34(44)45)33(43)42-14-4-5-29(42)32-37-19-28(40-32)25-12-8-23(9-13-25)22-6-10-24(11-7-22)27-18-36-31(39-27)26-17-35(20-38-26)46-15-16-47-35/h6-13,18-19,21,26,29-30,38H,4-5,14-17,20H2,1-3H3,(H,36,39)(H,37,40)(H,44,45)/t26-,29-,30-/m0/s1. The van der Waals surface area contributed by atoms with Crippen LogP contribution in [0.1, 0.15) is 56.8 Å². The molecule has 7 rings (SSSR count). The molecule has 3 fully saturated rings. The van der Waals surface area contributed by atoms with Crippen LogP contribution in [0, 0.1) is 5.92 Å². The molecule has 3 aliphatic heterocycles. The van der Waals surface area contributed by atoms with E-state index >= 15 is 0 Å². The van der Waals surface area contributed by atoms with Gasteiger partial charge in [0.1, 0.15) is 17.7 Å². The lowest BCUT2D eigenvalue weighted by Gasteiger charge is -2.33. The predicted octanol–water partition coefficient (Wildman–Crippen LogP) is 6.64. The highest BCUT2D eigenvalue weighted by Crippen LogP contribution is 2.51. The molecule has 2 aromatic carbocycles. The number of imidazole rings is 2. The molecule has 246 valence electrons. The maximum absolute atomic E-state index is 13.5. The third kappa shape index (κ3) is 6.30. The van der Waals surface area contributed by atoms with Gasteiger partial charge in [0.15, 0.2) is 0 Å². The lowest BCUT2D eigenvalue weighted by Crippen LogP contribution is -2.51. The van der Waals surface area contributed by atoms with Crippen molar-refractivity contribution in [2.24, 2.45) is 5.92 Å². The summed E-state index contributed by atoms with van der Waals surface area (Å²) < 4.78 is 0.311. The van der Waals surface area contributed by atoms with Gasteiger partial charge in [-0.05, 0) is 47.4 Å². The molecular weight excluding hydrogens is 631 g/mol. The van der Waals surface area contributed by atoms with E-state index in [1.54, 1.807) is 4.90 Å². The van der Waals surface area contributed by atoms with E-state index in [9.17, 15) is 14.7 Å². The third-order valence-electron chi connectivity index (χ3n) is 9.65. The van der Waals surface area contributed by atoms with Gasteiger partial charge in [-0.2, -0.15) is 0 Å². The largest absolute Gasteiger partial charge is 0.465 e. The van der Waals surface area contributed by atoms with E-state index in [1.165, 1.54) is 18.6 Å². The van der Waals surface area contributed by atoms with Gasteiger partial charge in [0.25, 0.3) is 0 Å². The van der Waals surface area contributed by atoms with E-state index in [-0.39, 0.29) is 23.9 Å². The summed E-state index contributed by atoms with van der Waals surface area (Å²) in [6.45, 7) is 5.37. The second kappa shape index (κ2) is 13.0. The number of H-pyrrole nitrogens is 2. The Morgan fingerprint density at radius 2 is 1.47 bits per heavy atom. The Morgan fingerprint density at radius 1 is 0.915 bits per heavy atom. The van der Waals surface area contributed by atoms with Crippen LogP contribution in [0.5, 0.6) is 0 Å². The molecule has 1 spiro atoms. The zero-order valence-corrected chi connectivity index (χ0v) is 28.5. The number of aromatic nitrogens is 4. The number of carbonyl (C=O) groups is 2. The molecule has 0 bridgehead atoms. The molecule has 3 atom stereocenters. The number of hydrogen-bond donors (Lipinski definition) is 4. The summed E-state index contributed by atoms with van der Waals surface area (Å²) in [7, 11) is 1.46. The molecule has 5 heterocycles. The van der Waals surface area contributed by atoms with Crippen molar-refractivity contribution in [2.75, 3.05) is 31.6 Å². The smallest absolute Gasteiger partial charge is 0.407 e. The fourth-order valence-corrected chi connectivity index (χ4v) is 10.3. The van der Waals surface area contributed by atoms with E-state index in [4.69, 9.17) is 4.98 Å². The molecule has 4 N–H and O–H groups in total. The lowest BCUT2D eigenvalue weighted by molar-refractivity contribution is -0.138. The van der Waals surface area contributed by atoms with Gasteiger partial charge in [-0.15, -0.1) is 23.5 Å². The number of aromatic amines is 2. The molecule has 47 heavy (non-hydrogen) atoms. The number of benzene rings is 2. The van der Waals surface area contributed by atoms with Crippen molar-refractivity contribution in [2.45, 2.75) is 55.3 Å². The Kier molecular flexibility index (Phi) is 8.84. The summed E-state index contributed by atoms with van der Waals surface area (Å²) in [6.07, 6.45) is 5.39. The van der Waals surface area contributed by atoms with Crippen LogP contribution in [0.25, 0.3) is 33.6 Å². The molecule has 0 radical (unpaired) electrons. The fourth-order valence-electron chi connectivity index (χ4n) is 7.14. The highest BCUT2D eigenvalue weighted by molar-refractivity contribution is 8.21. The zero-order chi connectivity index (χ0) is 32.7. The SMILES string of the molecule is CC(C)[C@@H](C(=O)N1CCC[C@H]1c1ncc(-c2ccc(-c3ccc(-c4cnc([C@@H]5CC6(CN5)SCCS6)[nH]4)cc3)cc2)[nH]1)N(C)C(=O)O. The number of carboxylic acid groups (broad SMARTS) is 1. The molecule has 3 saturated heterocycles. The van der Waals surface area contributed by atoms with Crippen molar-refractivity contribution in [1.29, 1.82) is 0 Å². The van der Waals surface area contributed by atoms with Crippen LogP contribution < -0.4 is 5.32 Å². The number of hydrogen-bond acceptors (Lipinski definition) is 7. The molecular formula is C35H41N7O3S2. The van der Waals surface area contributed by atoms with E-state index in [2.05, 4.69) is 92.3 Å². The van der Waals surface area contributed by atoms with Gasteiger partial charge < -0.3 is 25.3 Å². The number of likely N-dealkylation sites (tertiary alicyclic amines) is 1. The van der Waals surface area contributed by atoms with Crippen LogP contribution in [0.4, 0.5) is 4.79 Å². The van der Waals surface area contributed by atoms with Crippen molar-refractivity contribution >= 4 is 35.5 Å². The first-order chi connectivity index (χ1) is 22.7. The lowest BCUT2D eigenvalue weighted by atomic mass is 10.0. The Hall–Kier alpha value is -3.74. The van der Waals surface area contributed by atoms with E-state index in [0.717, 1.165) is 76.0 Å². The highest BCUT2D eigenvalue weighted by Gasteiger charge is 2.44. The minimum atomic E-state index is -1.10. The number of nitrogens with one attached hydrogen (secondary N) is 3. The summed E-state index contributed by atoms with van der Waals surface area (Å²) in [5.41, 5.74) is 6.28. The fraction of sp³-hybridized carbons (Fsp3) is 0.429. The van der Waals surface area contributed by atoms with Crippen LogP contribution >= 0.6 is 23.5 Å². The van der Waals surface area contributed by atoms with Gasteiger partial charge in [-0.25, -0.2) is 14.8 Å². The molecule has 12 heteroatoms. The van der Waals surface area contributed by atoms with Gasteiger partial charge in [0.2, 0.25) is 5.91 Å². The number of thioether (sulfide) groups is 2. The number of likely N-dealkylation sites (N-methyl/N-ethyl adjacent to an activating group) is 1. The number of carbonyl (C=O) groups excluding carboxylic acids is 1. The molecule has 0 unspecified atom stereocenters. The Bertz CT molecular complexity index is 1730. The monoisotopic (exact) mass is 671 g/mol. The molecule has 0 aliphatic carbocycles. The first kappa shape index (κ1) is 31.8. The predicted molar refractivity (Wildman–Crippen MR) is 188 cm³/mol. The maximum Gasteiger partial charge on any atom is 0.407 e. The average Bonchev–Trinajstić information content (AvgIpc) is 3.92. The average molecular weight is 672 g/mol. The Morgan fingerprint density at radius 3 is 2.04 bits per heavy atom. The minimum absolute atomic E-state index is 0.146. The highest BCUT2D eigenvalue weighted by atomic mass is 32.2. The van der Waals surface area contributed by atoms with Crippen LogP contribution in [-0.4, -0.2) is 88.6 Å². The summed E-state index contributed by atoms with van der Waals surface area (Å²) in [4.78, 5) is 44.5. The van der Waals surface area contributed by atoms with E-state index in [1.807, 2.05) is 26.2 Å². The quantitative estimate of drug-likeness (QED) is 0.164. The number of rotatable bonds is 8. The second-order valence-corrected chi connectivity index (χ2v) is 16.3. The first-order valence-electron chi connectivity index (χ1n) is 16.3. The summed E-state index contributed by atoms with van der Waals surface area (Å²) in [5, 5.41) is 13.2. The van der Waals surface area contributed by atoms with Crippen molar-refractivity contribution < 1.29 is 14.7 Å². The van der Waals surface area contributed by atoms with Gasteiger partial charge in [-0.1, -0.05) is 62.4 Å². The van der Waals surface area contributed by atoms with Crippen molar-refractivity contribution in [3.63, 3.8) is 0 Å².